The van der Waals surface area contributed by atoms with Crippen LogP contribution < -0.4 is 16.0 Å². The predicted octanol–water partition coefficient (Wildman–Crippen LogP) is 0.628. The van der Waals surface area contributed by atoms with Gasteiger partial charge in [0.1, 0.15) is 0 Å². The van der Waals surface area contributed by atoms with Gasteiger partial charge in [0.05, 0.1) is 5.69 Å². The number of nitrogens with two attached hydrogens (primary N) is 1. The summed E-state index contributed by atoms with van der Waals surface area (Å²) in [7, 11) is 3.93. The summed E-state index contributed by atoms with van der Waals surface area (Å²) < 4.78 is 0. The van der Waals surface area contributed by atoms with Crippen molar-refractivity contribution in [1.29, 1.82) is 0 Å². The van der Waals surface area contributed by atoms with Crippen LogP contribution in [0, 0.1) is 6.92 Å². The van der Waals surface area contributed by atoms with Gasteiger partial charge in [0, 0.05) is 26.3 Å². The van der Waals surface area contributed by atoms with Crippen molar-refractivity contribution in [2.45, 2.75) is 6.92 Å². The molecule has 78 valence electrons. The maximum atomic E-state index is 5.93. The van der Waals surface area contributed by atoms with Crippen LogP contribution in [0.25, 0.3) is 0 Å². The number of aryl methyl sites for hydroxylation is 1. The number of anilines is 2. The van der Waals surface area contributed by atoms with Crippen LogP contribution in [0.1, 0.15) is 5.56 Å². The molecule has 0 saturated carbocycles. The predicted molar refractivity (Wildman–Crippen MR) is 60.6 cm³/mol. The number of rotatable bonds is 4. The van der Waals surface area contributed by atoms with Gasteiger partial charge in [-0.15, -0.1) is 0 Å². The van der Waals surface area contributed by atoms with E-state index in [9.17, 15) is 0 Å². The van der Waals surface area contributed by atoms with Crippen molar-refractivity contribution in [2.75, 3.05) is 37.8 Å². The van der Waals surface area contributed by atoms with Crippen LogP contribution in [0.15, 0.2) is 12.3 Å². The molecule has 0 aliphatic heterocycles. The molecule has 0 aromatic carbocycles. The first-order valence-electron chi connectivity index (χ1n) is 4.73. The Balaban J connectivity index is 2.79. The molecule has 0 unspecified atom stereocenters. The first-order valence-corrected chi connectivity index (χ1v) is 4.73. The fraction of sp³-hybridized carbons (Fsp3) is 0.500. The van der Waals surface area contributed by atoms with Gasteiger partial charge in [0.2, 0.25) is 0 Å². The fourth-order valence-corrected chi connectivity index (χ4v) is 1.24. The lowest BCUT2D eigenvalue weighted by Crippen LogP contribution is -2.28. The van der Waals surface area contributed by atoms with Gasteiger partial charge in [0.15, 0.2) is 5.82 Å². The summed E-state index contributed by atoms with van der Waals surface area (Å²) >= 11 is 0. The lowest BCUT2D eigenvalue weighted by atomic mass is 10.2. The van der Waals surface area contributed by atoms with Crippen molar-refractivity contribution in [1.82, 2.24) is 10.3 Å². The molecule has 1 aromatic rings. The van der Waals surface area contributed by atoms with Gasteiger partial charge < -0.3 is 16.0 Å². The minimum absolute atomic E-state index is 0.770. The second kappa shape index (κ2) is 4.81. The molecular formula is C10H18N4. The van der Waals surface area contributed by atoms with E-state index in [0.717, 1.165) is 30.2 Å². The molecule has 0 atom stereocenters. The molecule has 0 radical (unpaired) electrons. The molecule has 3 N–H and O–H groups in total. The quantitative estimate of drug-likeness (QED) is 0.738. The molecule has 1 rings (SSSR count). The van der Waals surface area contributed by atoms with Crippen LogP contribution >= 0.6 is 0 Å². The second-order valence-corrected chi connectivity index (χ2v) is 3.39. The summed E-state index contributed by atoms with van der Waals surface area (Å²) in [5.74, 6) is 0.861. The molecule has 4 nitrogen and oxygen atoms in total. The van der Waals surface area contributed by atoms with E-state index in [0.29, 0.717) is 0 Å². The van der Waals surface area contributed by atoms with E-state index in [4.69, 9.17) is 5.73 Å². The Morgan fingerprint density at radius 3 is 2.93 bits per heavy atom. The van der Waals surface area contributed by atoms with Crippen LogP contribution in [0.2, 0.25) is 0 Å². The normalized spacial score (nSPS) is 10.2. The van der Waals surface area contributed by atoms with Gasteiger partial charge in [-0.1, -0.05) is 0 Å². The van der Waals surface area contributed by atoms with Crippen molar-refractivity contribution in [3.05, 3.63) is 17.8 Å². The maximum Gasteiger partial charge on any atom is 0.151 e. The van der Waals surface area contributed by atoms with E-state index in [1.165, 1.54) is 0 Å². The minimum atomic E-state index is 0.770. The Hall–Kier alpha value is -1.29. The summed E-state index contributed by atoms with van der Waals surface area (Å²) in [5.41, 5.74) is 7.78. The van der Waals surface area contributed by atoms with Crippen LogP contribution in [0.4, 0.5) is 11.5 Å². The van der Waals surface area contributed by atoms with Crippen molar-refractivity contribution < 1.29 is 0 Å². The van der Waals surface area contributed by atoms with Crippen LogP contribution in [-0.4, -0.2) is 32.2 Å². The number of hydrogen-bond donors (Lipinski definition) is 2. The Bertz CT molecular complexity index is 298. The zero-order valence-electron chi connectivity index (χ0n) is 9.04. The molecule has 0 saturated heterocycles. The van der Waals surface area contributed by atoms with Crippen LogP contribution in [0.5, 0.6) is 0 Å². The first kappa shape index (κ1) is 10.8. The highest BCUT2D eigenvalue weighted by Gasteiger charge is 2.07. The summed E-state index contributed by atoms with van der Waals surface area (Å²) in [6, 6.07) is 1.92. The van der Waals surface area contributed by atoms with Gasteiger partial charge in [-0.3, -0.25) is 0 Å². The van der Waals surface area contributed by atoms with E-state index in [-0.39, 0.29) is 0 Å². The topological polar surface area (TPSA) is 54.2 Å². The summed E-state index contributed by atoms with van der Waals surface area (Å²) in [6.07, 6.45) is 1.79. The van der Waals surface area contributed by atoms with Gasteiger partial charge in [-0.05, 0) is 25.6 Å². The summed E-state index contributed by atoms with van der Waals surface area (Å²) in [5, 5.41) is 3.09. The van der Waals surface area contributed by atoms with E-state index < -0.39 is 0 Å². The maximum absolute atomic E-state index is 5.93. The van der Waals surface area contributed by atoms with E-state index in [2.05, 4.69) is 15.2 Å². The Labute approximate surface area is 85.1 Å². The van der Waals surface area contributed by atoms with Gasteiger partial charge in [0.25, 0.3) is 0 Å². The van der Waals surface area contributed by atoms with Crippen LogP contribution in [0.3, 0.4) is 0 Å². The highest BCUT2D eigenvalue weighted by atomic mass is 15.2. The monoisotopic (exact) mass is 194 g/mol. The smallest absolute Gasteiger partial charge is 0.151 e. The third kappa shape index (κ3) is 2.35. The van der Waals surface area contributed by atoms with Crippen molar-refractivity contribution in [2.24, 2.45) is 0 Å². The molecule has 0 aliphatic rings. The molecule has 1 aromatic heterocycles. The second-order valence-electron chi connectivity index (χ2n) is 3.39. The molecule has 0 amide bonds. The standard InChI is InChI=1S/C10H18N4/c1-8-4-5-13-10(9(8)11)14(3)7-6-12-2/h4-5,12H,6-7,11H2,1-3H3. The molecule has 14 heavy (non-hydrogen) atoms. The number of aromatic nitrogens is 1. The third-order valence-corrected chi connectivity index (χ3v) is 2.25. The zero-order valence-corrected chi connectivity index (χ0v) is 9.04. The molecule has 4 heteroatoms. The minimum Gasteiger partial charge on any atom is -0.396 e. The van der Waals surface area contributed by atoms with Gasteiger partial charge in [-0.2, -0.15) is 0 Å². The number of likely N-dealkylation sites (N-methyl/N-ethyl adjacent to an activating group) is 2. The number of nitrogen functional groups attached to an aromatic ring is 1. The largest absolute Gasteiger partial charge is 0.396 e. The lowest BCUT2D eigenvalue weighted by molar-refractivity contribution is 0.762. The zero-order chi connectivity index (χ0) is 10.6. The van der Waals surface area contributed by atoms with E-state index in [1.54, 1.807) is 6.20 Å². The van der Waals surface area contributed by atoms with Gasteiger partial charge >= 0.3 is 0 Å². The number of hydrogen-bond acceptors (Lipinski definition) is 4. The third-order valence-electron chi connectivity index (χ3n) is 2.25. The highest BCUT2D eigenvalue weighted by Crippen LogP contribution is 2.21. The average Bonchev–Trinajstić information content (AvgIpc) is 2.18. The van der Waals surface area contributed by atoms with E-state index >= 15 is 0 Å². The molecule has 0 bridgehead atoms. The first-order chi connectivity index (χ1) is 6.66. The number of nitrogens with one attached hydrogen (secondary N) is 1. The molecule has 0 aliphatic carbocycles. The summed E-state index contributed by atoms with van der Waals surface area (Å²) in [4.78, 5) is 6.32. The van der Waals surface area contributed by atoms with Crippen molar-refractivity contribution in [3.8, 4) is 0 Å². The fourth-order valence-electron chi connectivity index (χ4n) is 1.24. The van der Waals surface area contributed by atoms with Crippen LogP contribution in [-0.2, 0) is 0 Å². The number of nitrogens with zero attached hydrogens (tertiary/aromatic N) is 2. The lowest BCUT2D eigenvalue weighted by Gasteiger charge is -2.20. The van der Waals surface area contributed by atoms with E-state index in [1.807, 2.05) is 27.1 Å². The Morgan fingerprint density at radius 1 is 1.57 bits per heavy atom. The molecule has 0 spiro atoms. The SMILES string of the molecule is CNCCN(C)c1nccc(C)c1N. The molecular weight excluding hydrogens is 176 g/mol. The van der Waals surface area contributed by atoms with Gasteiger partial charge in [-0.25, -0.2) is 4.98 Å². The highest BCUT2D eigenvalue weighted by molar-refractivity contribution is 5.65. The molecule has 1 heterocycles. The average molecular weight is 194 g/mol. The Morgan fingerprint density at radius 2 is 2.29 bits per heavy atom. The van der Waals surface area contributed by atoms with Crippen molar-refractivity contribution >= 4 is 11.5 Å². The number of pyridine rings is 1. The summed E-state index contributed by atoms with van der Waals surface area (Å²) in [6.45, 7) is 3.81. The molecule has 0 fully saturated rings. The Kier molecular flexibility index (Phi) is 3.71. The van der Waals surface area contributed by atoms with Crippen molar-refractivity contribution in [3.63, 3.8) is 0 Å².